The number of amides is 2. The molecule has 2 amide bonds. The minimum absolute atomic E-state index is 0. The first kappa shape index (κ1) is 28.8. The highest BCUT2D eigenvalue weighted by molar-refractivity contribution is 6.34. The van der Waals surface area contributed by atoms with Crippen LogP contribution in [-0.4, -0.2) is 61.6 Å². The Morgan fingerprint density at radius 3 is 2.22 bits per heavy atom. The van der Waals surface area contributed by atoms with Crippen molar-refractivity contribution in [2.45, 2.75) is 13.0 Å². The Hall–Kier alpha value is -2.77. The summed E-state index contributed by atoms with van der Waals surface area (Å²) in [5.41, 5.74) is 3.14. The third-order valence-corrected chi connectivity index (χ3v) is 6.90. The fourth-order valence-electron chi connectivity index (χ4n) is 4.09. The maximum Gasteiger partial charge on any atom is 0.414 e. The van der Waals surface area contributed by atoms with E-state index in [1.165, 1.54) is 10.5 Å². The zero-order chi connectivity index (χ0) is 25.5. The molecule has 0 radical (unpaired) electrons. The van der Waals surface area contributed by atoms with Gasteiger partial charge in [0.1, 0.15) is 6.61 Å². The summed E-state index contributed by atoms with van der Waals surface area (Å²) >= 11 is 12.4. The second kappa shape index (κ2) is 13.7. The number of piperazine rings is 1. The van der Waals surface area contributed by atoms with Crippen LogP contribution in [0.4, 0.5) is 10.5 Å². The quantitative estimate of drug-likeness (QED) is 0.345. The standard InChI is InChI=1S/C28H29Cl2N3O3.ClH/c1-31(28(35)36-20-22-5-3-2-4-6-22)24-11-12-25(26(30)19-24)27(34)33-17-15-32(16-18-33)14-13-21-7-9-23(29)10-8-21;/h2-12,19H,13-18,20H2,1H3;1H. The summed E-state index contributed by atoms with van der Waals surface area (Å²) in [7, 11) is 1.61. The summed E-state index contributed by atoms with van der Waals surface area (Å²) in [6, 6.07) is 22.4. The highest BCUT2D eigenvalue weighted by Gasteiger charge is 2.24. The third kappa shape index (κ3) is 7.86. The minimum Gasteiger partial charge on any atom is -0.444 e. The number of hydrogen-bond acceptors (Lipinski definition) is 4. The Morgan fingerprint density at radius 2 is 1.57 bits per heavy atom. The molecule has 0 atom stereocenters. The van der Waals surface area contributed by atoms with E-state index < -0.39 is 6.09 Å². The first-order valence-corrected chi connectivity index (χ1v) is 12.7. The zero-order valence-corrected chi connectivity index (χ0v) is 22.9. The molecule has 0 saturated carbocycles. The summed E-state index contributed by atoms with van der Waals surface area (Å²) < 4.78 is 5.38. The lowest BCUT2D eigenvalue weighted by atomic mass is 10.1. The molecule has 3 aromatic carbocycles. The van der Waals surface area contributed by atoms with Crippen molar-refractivity contribution in [2.24, 2.45) is 0 Å². The van der Waals surface area contributed by atoms with Crippen LogP contribution < -0.4 is 4.90 Å². The maximum absolute atomic E-state index is 13.1. The van der Waals surface area contributed by atoms with Crippen molar-refractivity contribution in [2.75, 3.05) is 44.7 Å². The Labute approximate surface area is 234 Å². The second-order valence-corrected chi connectivity index (χ2v) is 9.62. The van der Waals surface area contributed by atoms with Gasteiger partial charge in [0.15, 0.2) is 0 Å². The average molecular weight is 563 g/mol. The first-order valence-electron chi connectivity index (χ1n) is 11.9. The fraction of sp³-hybridized carbons (Fsp3) is 0.286. The molecule has 0 aliphatic carbocycles. The van der Waals surface area contributed by atoms with Crippen LogP contribution in [0.25, 0.3) is 0 Å². The molecule has 0 N–H and O–H groups in total. The molecule has 0 spiro atoms. The number of carbonyl (C=O) groups is 2. The molecule has 37 heavy (non-hydrogen) atoms. The van der Waals surface area contributed by atoms with Crippen molar-refractivity contribution in [3.05, 3.63) is 99.5 Å². The molecule has 6 nitrogen and oxygen atoms in total. The number of hydrogen-bond donors (Lipinski definition) is 0. The van der Waals surface area contributed by atoms with Gasteiger partial charge in [-0.2, -0.15) is 0 Å². The predicted octanol–water partition coefficient (Wildman–Crippen LogP) is 6.19. The van der Waals surface area contributed by atoms with Crippen LogP contribution in [0.5, 0.6) is 0 Å². The largest absolute Gasteiger partial charge is 0.444 e. The van der Waals surface area contributed by atoms with Crippen LogP contribution in [0.15, 0.2) is 72.8 Å². The SMILES string of the molecule is CN(C(=O)OCc1ccccc1)c1ccc(C(=O)N2CCN(CCc3ccc(Cl)cc3)CC2)c(Cl)c1.Cl. The van der Waals surface area contributed by atoms with Crippen molar-refractivity contribution in [3.63, 3.8) is 0 Å². The smallest absolute Gasteiger partial charge is 0.414 e. The lowest BCUT2D eigenvalue weighted by Crippen LogP contribution is -2.49. The average Bonchev–Trinajstić information content (AvgIpc) is 2.91. The van der Waals surface area contributed by atoms with E-state index in [0.29, 0.717) is 29.4 Å². The van der Waals surface area contributed by atoms with E-state index in [9.17, 15) is 9.59 Å². The number of anilines is 1. The predicted molar refractivity (Wildman–Crippen MR) is 151 cm³/mol. The van der Waals surface area contributed by atoms with Gasteiger partial charge in [-0.15, -0.1) is 12.4 Å². The molecule has 196 valence electrons. The molecule has 0 aromatic heterocycles. The van der Waals surface area contributed by atoms with Crippen molar-refractivity contribution < 1.29 is 14.3 Å². The number of benzene rings is 3. The van der Waals surface area contributed by atoms with Crippen LogP contribution in [-0.2, 0) is 17.8 Å². The van der Waals surface area contributed by atoms with Crippen LogP contribution >= 0.6 is 35.6 Å². The topological polar surface area (TPSA) is 53.1 Å². The van der Waals surface area contributed by atoms with E-state index in [0.717, 1.165) is 36.6 Å². The van der Waals surface area contributed by atoms with Gasteiger partial charge in [-0.3, -0.25) is 14.6 Å². The number of carbonyl (C=O) groups excluding carboxylic acids is 2. The van der Waals surface area contributed by atoms with Crippen molar-refractivity contribution in [1.82, 2.24) is 9.80 Å². The summed E-state index contributed by atoms with van der Waals surface area (Å²) in [4.78, 5) is 31.1. The van der Waals surface area contributed by atoms with Gasteiger partial charge in [-0.25, -0.2) is 4.79 Å². The third-order valence-electron chi connectivity index (χ3n) is 6.34. The van der Waals surface area contributed by atoms with E-state index >= 15 is 0 Å². The number of rotatable bonds is 7. The van der Waals surface area contributed by atoms with Gasteiger partial charge in [0, 0.05) is 50.5 Å². The monoisotopic (exact) mass is 561 g/mol. The molecular weight excluding hydrogens is 533 g/mol. The minimum atomic E-state index is -0.497. The molecule has 4 rings (SSSR count). The normalized spacial score (nSPS) is 13.5. The summed E-state index contributed by atoms with van der Waals surface area (Å²) in [6.07, 6.45) is 0.448. The van der Waals surface area contributed by atoms with Crippen LogP contribution in [0.1, 0.15) is 21.5 Å². The Kier molecular flexibility index (Phi) is 10.6. The van der Waals surface area contributed by atoms with Gasteiger partial charge in [-0.05, 0) is 47.9 Å². The summed E-state index contributed by atoms with van der Waals surface area (Å²) in [6.45, 7) is 4.02. The van der Waals surface area contributed by atoms with E-state index in [-0.39, 0.29) is 24.9 Å². The first-order chi connectivity index (χ1) is 17.4. The zero-order valence-electron chi connectivity index (χ0n) is 20.6. The maximum atomic E-state index is 13.1. The molecule has 1 aliphatic heterocycles. The molecular formula is C28H30Cl3N3O3. The van der Waals surface area contributed by atoms with Crippen molar-refractivity contribution in [1.29, 1.82) is 0 Å². The van der Waals surface area contributed by atoms with E-state index in [1.54, 1.807) is 25.2 Å². The van der Waals surface area contributed by atoms with Crippen molar-refractivity contribution in [3.8, 4) is 0 Å². The number of halogens is 3. The lowest BCUT2D eigenvalue weighted by Gasteiger charge is -2.35. The van der Waals surface area contributed by atoms with Gasteiger partial charge in [0.05, 0.1) is 10.6 Å². The number of ether oxygens (including phenoxy) is 1. The molecule has 1 saturated heterocycles. The molecule has 1 fully saturated rings. The highest BCUT2D eigenvalue weighted by atomic mass is 35.5. The van der Waals surface area contributed by atoms with Gasteiger partial charge in [0.2, 0.25) is 0 Å². The van der Waals surface area contributed by atoms with Crippen LogP contribution in [0.2, 0.25) is 10.0 Å². The van der Waals surface area contributed by atoms with E-state index in [2.05, 4.69) is 4.90 Å². The lowest BCUT2D eigenvalue weighted by molar-refractivity contribution is 0.0638. The molecule has 1 aliphatic rings. The molecule has 0 bridgehead atoms. The molecule has 0 unspecified atom stereocenters. The van der Waals surface area contributed by atoms with E-state index in [1.807, 2.05) is 59.5 Å². The van der Waals surface area contributed by atoms with E-state index in [4.69, 9.17) is 27.9 Å². The number of nitrogens with zero attached hydrogens (tertiary/aromatic N) is 3. The van der Waals surface area contributed by atoms with Crippen molar-refractivity contribution >= 4 is 53.3 Å². The molecule has 1 heterocycles. The van der Waals surface area contributed by atoms with Gasteiger partial charge in [0.25, 0.3) is 5.91 Å². The van der Waals surface area contributed by atoms with Gasteiger partial charge in [-0.1, -0.05) is 65.7 Å². The Bertz CT molecular complexity index is 1180. The van der Waals surface area contributed by atoms with Crippen LogP contribution in [0, 0.1) is 0 Å². The molecule has 3 aromatic rings. The highest BCUT2D eigenvalue weighted by Crippen LogP contribution is 2.25. The van der Waals surface area contributed by atoms with Gasteiger partial charge >= 0.3 is 6.09 Å². The fourth-order valence-corrected chi connectivity index (χ4v) is 4.47. The van der Waals surface area contributed by atoms with Crippen LogP contribution in [0.3, 0.4) is 0 Å². The summed E-state index contributed by atoms with van der Waals surface area (Å²) in [5, 5.41) is 1.05. The Morgan fingerprint density at radius 1 is 0.892 bits per heavy atom. The Balaban J connectivity index is 0.00000380. The molecule has 9 heteroatoms. The second-order valence-electron chi connectivity index (χ2n) is 8.77. The van der Waals surface area contributed by atoms with Gasteiger partial charge < -0.3 is 9.64 Å². The summed E-state index contributed by atoms with van der Waals surface area (Å²) in [5.74, 6) is -0.0989.